The Bertz CT molecular complexity index is 384. The molecule has 0 bridgehead atoms. The molecule has 0 saturated heterocycles. The molecule has 0 aliphatic heterocycles. The van der Waals surface area contributed by atoms with E-state index >= 15 is 0 Å². The molecule has 0 amide bonds. The van der Waals surface area contributed by atoms with Gasteiger partial charge in [0.2, 0.25) is 5.60 Å². The molecule has 1 aliphatic rings. The molecule has 0 radical (unpaired) electrons. The first-order valence-electron chi connectivity index (χ1n) is 4.28. The summed E-state index contributed by atoms with van der Waals surface area (Å²) in [6.45, 7) is 0. The standard InChI is InChI=1S/C9H9BrO4/c10-6-4-5-2-1-3-9(13,8(11)12)7(5)14-6/h4,13H,1-3H2,(H,11,12). The van der Waals surface area contributed by atoms with Crippen LogP contribution in [-0.4, -0.2) is 16.2 Å². The molecule has 4 nitrogen and oxygen atoms in total. The first-order valence-corrected chi connectivity index (χ1v) is 5.08. The SMILES string of the molecule is O=C(O)C1(O)CCCc2cc(Br)oc21. The number of aliphatic carboxylic acids is 1. The summed E-state index contributed by atoms with van der Waals surface area (Å²) in [7, 11) is 0. The van der Waals surface area contributed by atoms with E-state index in [1.54, 1.807) is 6.07 Å². The third kappa shape index (κ3) is 1.27. The number of hydrogen-bond donors (Lipinski definition) is 2. The first-order chi connectivity index (χ1) is 6.54. The highest BCUT2D eigenvalue weighted by molar-refractivity contribution is 9.10. The Morgan fingerprint density at radius 1 is 1.64 bits per heavy atom. The number of hydrogen-bond acceptors (Lipinski definition) is 3. The Hall–Kier alpha value is -0.810. The molecule has 2 N–H and O–H groups in total. The van der Waals surface area contributed by atoms with Crippen molar-refractivity contribution in [1.82, 2.24) is 0 Å². The lowest BCUT2D eigenvalue weighted by Crippen LogP contribution is -2.38. The van der Waals surface area contributed by atoms with Crippen LogP contribution in [0.4, 0.5) is 0 Å². The van der Waals surface area contributed by atoms with E-state index in [1.165, 1.54) is 0 Å². The van der Waals surface area contributed by atoms with Gasteiger partial charge in [0, 0.05) is 0 Å². The fourth-order valence-electron chi connectivity index (χ4n) is 1.78. The Balaban J connectivity index is 2.54. The fraction of sp³-hybridized carbons (Fsp3) is 0.444. The van der Waals surface area contributed by atoms with Crippen LogP contribution in [0.2, 0.25) is 0 Å². The van der Waals surface area contributed by atoms with E-state index in [-0.39, 0.29) is 12.2 Å². The van der Waals surface area contributed by atoms with Gasteiger partial charge in [0.25, 0.3) is 0 Å². The second kappa shape index (κ2) is 3.10. The van der Waals surface area contributed by atoms with Crippen molar-refractivity contribution >= 4 is 21.9 Å². The third-order valence-electron chi connectivity index (χ3n) is 2.49. The molecule has 0 saturated carbocycles. The van der Waals surface area contributed by atoms with Gasteiger partial charge >= 0.3 is 5.97 Å². The van der Waals surface area contributed by atoms with Crippen molar-refractivity contribution in [3.05, 3.63) is 22.1 Å². The summed E-state index contributed by atoms with van der Waals surface area (Å²) in [5.41, 5.74) is -1.08. The van der Waals surface area contributed by atoms with Crippen molar-refractivity contribution in [2.45, 2.75) is 24.9 Å². The summed E-state index contributed by atoms with van der Waals surface area (Å²) >= 11 is 3.12. The normalized spacial score (nSPS) is 25.9. The van der Waals surface area contributed by atoms with Gasteiger partial charge in [0.15, 0.2) is 10.4 Å². The highest BCUT2D eigenvalue weighted by Crippen LogP contribution is 2.38. The molecule has 76 valence electrons. The maximum absolute atomic E-state index is 10.9. The fourth-order valence-corrected chi connectivity index (χ4v) is 2.22. The van der Waals surface area contributed by atoms with Crippen molar-refractivity contribution in [2.24, 2.45) is 0 Å². The molecule has 1 atom stereocenters. The lowest BCUT2D eigenvalue weighted by molar-refractivity contribution is -0.163. The number of carbonyl (C=O) groups is 1. The van der Waals surface area contributed by atoms with E-state index in [0.717, 1.165) is 12.0 Å². The van der Waals surface area contributed by atoms with Crippen molar-refractivity contribution in [2.75, 3.05) is 0 Å². The van der Waals surface area contributed by atoms with Crippen LogP contribution in [0.15, 0.2) is 15.2 Å². The van der Waals surface area contributed by atoms with Crippen LogP contribution in [0.25, 0.3) is 0 Å². The van der Waals surface area contributed by atoms with Crippen molar-refractivity contribution in [3.63, 3.8) is 0 Å². The van der Waals surface area contributed by atoms with Crippen LogP contribution in [0.3, 0.4) is 0 Å². The molecule has 1 aromatic heterocycles. The van der Waals surface area contributed by atoms with Crippen LogP contribution < -0.4 is 0 Å². The topological polar surface area (TPSA) is 70.7 Å². The van der Waals surface area contributed by atoms with E-state index in [0.29, 0.717) is 11.1 Å². The quantitative estimate of drug-likeness (QED) is 0.806. The van der Waals surface area contributed by atoms with Gasteiger partial charge in [0.1, 0.15) is 0 Å². The molecule has 1 heterocycles. The summed E-state index contributed by atoms with van der Waals surface area (Å²) in [6, 6.07) is 1.71. The summed E-state index contributed by atoms with van der Waals surface area (Å²) < 4.78 is 5.63. The Labute approximate surface area is 88.7 Å². The van der Waals surface area contributed by atoms with Crippen LogP contribution in [0.5, 0.6) is 0 Å². The number of aryl methyl sites for hydroxylation is 1. The molecule has 0 fully saturated rings. The minimum atomic E-state index is -1.85. The summed E-state index contributed by atoms with van der Waals surface area (Å²) in [4.78, 5) is 10.9. The minimum Gasteiger partial charge on any atom is -0.479 e. The summed E-state index contributed by atoms with van der Waals surface area (Å²) in [5, 5.41) is 18.8. The second-order valence-corrected chi connectivity index (χ2v) is 4.21. The smallest absolute Gasteiger partial charge is 0.343 e. The number of halogens is 1. The summed E-state index contributed by atoms with van der Waals surface area (Å²) in [5.74, 6) is -1.08. The molecule has 14 heavy (non-hydrogen) atoms. The number of furan rings is 1. The zero-order valence-electron chi connectivity index (χ0n) is 7.29. The molecular formula is C9H9BrO4. The van der Waals surface area contributed by atoms with Crippen LogP contribution >= 0.6 is 15.9 Å². The van der Waals surface area contributed by atoms with Crippen LogP contribution in [0, 0.1) is 0 Å². The average Bonchev–Trinajstić information content (AvgIpc) is 2.47. The zero-order valence-corrected chi connectivity index (χ0v) is 8.87. The third-order valence-corrected chi connectivity index (χ3v) is 2.88. The Morgan fingerprint density at radius 3 is 3.00 bits per heavy atom. The van der Waals surface area contributed by atoms with E-state index in [2.05, 4.69) is 15.9 Å². The molecule has 5 heteroatoms. The van der Waals surface area contributed by atoms with Gasteiger partial charge in [-0.3, -0.25) is 0 Å². The van der Waals surface area contributed by atoms with Crippen molar-refractivity contribution in [3.8, 4) is 0 Å². The Morgan fingerprint density at radius 2 is 2.36 bits per heavy atom. The van der Waals surface area contributed by atoms with Crippen LogP contribution in [0.1, 0.15) is 24.2 Å². The van der Waals surface area contributed by atoms with Gasteiger partial charge in [-0.05, 0) is 46.8 Å². The molecule has 1 aromatic rings. The highest BCUT2D eigenvalue weighted by atomic mass is 79.9. The number of aliphatic hydroxyl groups is 1. The monoisotopic (exact) mass is 260 g/mol. The van der Waals surface area contributed by atoms with Crippen molar-refractivity contribution in [1.29, 1.82) is 0 Å². The molecule has 0 aromatic carbocycles. The van der Waals surface area contributed by atoms with Crippen LogP contribution in [-0.2, 0) is 16.8 Å². The largest absolute Gasteiger partial charge is 0.479 e. The van der Waals surface area contributed by atoms with E-state index < -0.39 is 11.6 Å². The predicted molar refractivity (Wildman–Crippen MR) is 50.9 cm³/mol. The van der Waals surface area contributed by atoms with Gasteiger partial charge in [-0.2, -0.15) is 0 Å². The van der Waals surface area contributed by atoms with E-state index in [4.69, 9.17) is 9.52 Å². The molecule has 1 aliphatic carbocycles. The maximum Gasteiger partial charge on any atom is 0.343 e. The average molecular weight is 261 g/mol. The highest BCUT2D eigenvalue weighted by Gasteiger charge is 2.45. The van der Waals surface area contributed by atoms with Gasteiger partial charge in [-0.15, -0.1) is 0 Å². The number of rotatable bonds is 1. The van der Waals surface area contributed by atoms with E-state index in [1.807, 2.05) is 0 Å². The Kier molecular flexibility index (Phi) is 2.16. The molecular weight excluding hydrogens is 252 g/mol. The molecule has 2 rings (SSSR count). The first kappa shape index (κ1) is 9.73. The predicted octanol–water partition coefficient (Wildman–Crippen LogP) is 1.65. The van der Waals surface area contributed by atoms with Gasteiger partial charge in [-0.25, -0.2) is 4.79 Å². The molecule has 0 spiro atoms. The maximum atomic E-state index is 10.9. The lowest BCUT2D eigenvalue weighted by Gasteiger charge is -2.26. The second-order valence-electron chi connectivity index (χ2n) is 3.42. The van der Waals surface area contributed by atoms with Gasteiger partial charge in [-0.1, -0.05) is 0 Å². The number of fused-ring (bicyclic) bond motifs is 1. The van der Waals surface area contributed by atoms with Gasteiger partial charge < -0.3 is 14.6 Å². The summed E-state index contributed by atoms with van der Waals surface area (Å²) in [6.07, 6.45) is 1.61. The zero-order chi connectivity index (χ0) is 10.3. The lowest BCUT2D eigenvalue weighted by atomic mass is 9.85. The van der Waals surface area contributed by atoms with E-state index in [9.17, 15) is 9.90 Å². The van der Waals surface area contributed by atoms with Gasteiger partial charge in [0.05, 0.1) is 0 Å². The number of carboxylic acid groups (broad SMARTS) is 1. The van der Waals surface area contributed by atoms with Crippen molar-refractivity contribution < 1.29 is 19.4 Å². The molecule has 1 unspecified atom stereocenters. The minimum absolute atomic E-state index is 0.170. The number of carboxylic acids is 1.